The molecule has 2 aliphatic rings. The molecule has 1 aromatic rings. The van der Waals surface area contributed by atoms with E-state index in [9.17, 15) is 18.8 Å². The van der Waals surface area contributed by atoms with E-state index in [0.717, 1.165) is 0 Å². The van der Waals surface area contributed by atoms with Gasteiger partial charge < -0.3 is 10.2 Å². The zero-order valence-electron chi connectivity index (χ0n) is 11.2. The first kappa shape index (κ1) is 13.5. The Morgan fingerprint density at radius 2 is 2.05 bits per heavy atom. The Labute approximate surface area is 120 Å². The quantitative estimate of drug-likeness (QED) is 0.745. The van der Waals surface area contributed by atoms with E-state index in [2.05, 4.69) is 10.6 Å². The Kier molecular flexibility index (Phi) is 3.12. The topological polar surface area (TPSA) is 78.5 Å². The fraction of sp³-hybridized carbons (Fsp3) is 0.357. The van der Waals surface area contributed by atoms with Crippen LogP contribution in [-0.4, -0.2) is 41.4 Å². The lowest BCUT2D eigenvalue weighted by Crippen LogP contribution is -2.59. The molecule has 0 radical (unpaired) electrons. The van der Waals surface area contributed by atoms with Crippen molar-refractivity contribution in [1.82, 2.24) is 15.5 Å². The van der Waals surface area contributed by atoms with Crippen molar-refractivity contribution in [3.63, 3.8) is 0 Å². The van der Waals surface area contributed by atoms with Crippen molar-refractivity contribution in [3.05, 3.63) is 35.6 Å². The number of nitrogens with zero attached hydrogens (tertiary/aromatic N) is 1. The minimum absolute atomic E-state index is 0.0284. The molecule has 2 N–H and O–H groups in total. The Bertz CT molecular complexity index is 634. The second-order valence-electron chi connectivity index (χ2n) is 5.30. The van der Waals surface area contributed by atoms with Gasteiger partial charge in [-0.3, -0.25) is 14.9 Å². The molecule has 0 aliphatic carbocycles. The Balaban J connectivity index is 1.84. The van der Waals surface area contributed by atoms with Crippen LogP contribution in [0.2, 0.25) is 0 Å². The van der Waals surface area contributed by atoms with Crippen molar-refractivity contribution >= 4 is 17.8 Å². The number of piperidine rings is 1. The molecular formula is C14H14FN3O3. The second-order valence-corrected chi connectivity index (χ2v) is 5.30. The van der Waals surface area contributed by atoms with E-state index >= 15 is 0 Å². The van der Waals surface area contributed by atoms with E-state index in [1.165, 1.54) is 23.1 Å². The minimum Gasteiger partial charge on any atom is -0.336 e. The minimum atomic E-state index is -1.09. The number of halogens is 1. The van der Waals surface area contributed by atoms with Crippen LogP contribution in [0.1, 0.15) is 23.2 Å². The first-order valence-electron chi connectivity index (χ1n) is 6.69. The summed E-state index contributed by atoms with van der Waals surface area (Å²) in [7, 11) is 0. The van der Waals surface area contributed by atoms with Gasteiger partial charge >= 0.3 is 6.03 Å². The van der Waals surface area contributed by atoms with E-state index < -0.39 is 29.2 Å². The molecule has 6 nitrogen and oxygen atoms in total. The number of imide groups is 1. The first-order valence-corrected chi connectivity index (χ1v) is 6.69. The SMILES string of the molecule is O=C1NC(=O)C2(CCCN(C(=O)c3ccccc3F)C2)N1. The predicted octanol–water partition coefficient (Wildman–Crippen LogP) is 0.640. The molecule has 110 valence electrons. The fourth-order valence-corrected chi connectivity index (χ4v) is 2.85. The van der Waals surface area contributed by atoms with Gasteiger partial charge in [0.1, 0.15) is 11.4 Å². The zero-order chi connectivity index (χ0) is 15.0. The number of carbonyl (C=O) groups excluding carboxylic acids is 3. The highest BCUT2D eigenvalue weighted by Gasteiger charge is 2.49. The van der Waals surface area contributed by atoms with Crippen LogP contribution in [0, 0.1) is 5.82 Å². The first-order chi connectivity index (χ1) is 10.0. The highest BCUT2D eigenvalue weighted by atomic mass is 19.1. The maximum absolute atomic E-state index is 13.7. The molecule has 1 atom stereocenters. The molecule has 2 saturated heterocycles. The van der Waals surface area contributed by atoms with E-state index in [1.54, 1.807) is 6.07 Å². The van der Waals surface area contributed by atoms with Gasteiger partial charge in [-0.1, -0.05) is 12.1 Å². The van der Waals surface area contributed by atoms with Crippen molar-refractivity contribution in [2.75, 3.05) is 13.1 Å². The average Bonchev–Trinajstić information content (AvgIpc) is 2.72. The van der Waals surface area contributed by atoms with Gasteiger partial charge in [-0.15, -0.1) is 0 Å². The zero-order valence-corrected chi connectivity index (χ0v) is 11.2. The van der Waals surface area contributed by atoms with Gasteiger partial charge in [-0.25, -0.2) is 9.18 Å². The summed E-state index contributed by atoms with van der Waals surface area (Å²) in [6.45, 7) is 0.482. The van der Waals surface area contributed by atoms with Gasteiger partial charge in [-0.2, -0.15) is 0 Å². The van der Waals surface area contributed by atoms with E-state index in [4.69, 9.17) is 0 Å². The molecule has 1 aromatic carbocycles. The Hall–Kier alpha value is -2.44. The Morgan fingerprint density at radius 3 is 2.71 bits per heavy atom. The molecule has 1 spiro atoms. The Morgan fingerprint density at radius 1 is 1.29 bits per heavy atom. The van der Waals surface area contributed by atoms with Crippen molar-refractivity contribution in [1.29, 1.82) is 0 Å². The predicted molar refractivity (Wildman–Crippen MR) is 70.9 cm³/mol. The van der Waals surface area contributed by atoms with Crippen molar-refractivity contribution in [3.8, 4) is 0 Å². The smallest absolute Gasteiger partial charge is 0.322 e. The largest absolute Gasteiger partial charge is 0.336 e. The van der Waals surface area contributed by atoms with Crippen LogP contribution in [0.3, 0.4) is 0 Å². The lowest BCUT2D eigenvalue weighted by Gasteiger charge is -2.38. The summed E-state index contributed by atoms with van der Waals surface area (Å²) in [4.78, 5) is 37.0. The van der Waals surface area contributed by atoms with Crippen molar-refractivity contribution in [2.45, 2.75) is 18.4 Å². The number of nitrogens with one attached hydrogen (secondary N) is 2. The van der Waals surface area contributed by atoms with Gasteiger partial charge in [0.25, 0.3) is 11.8 Å². The maximum atomic E-state index is 13.7. The highest BCUT2D eigenvalue weighted by molar-refractivity contribution is 6.07. The third kappa shape index (κ3) is 2.24. The molecule has 2 fully saturated rings. The van der Waals surface area contributed by atoms with Crippen LogP contribution in [-0.2, 0) is 4.79 Å². The number of carbonyl (C=O) groups is 3. The van der Waals surface area contributed by atoms with E-state index in [0.29, 0.717) is 19.4 Å². The number of hydrogen-bond acceptors (Lipinski definition) is 3. The molecule has 1 unspecified atom stereocenters. The summed E-state index contributed by atoms with van der Waals surface area (Å²) in [5.74, 6) is -1.50. The van der Waals surface area contributed by atoms with Gasteiger partial charge in [0.05, 0.1) is 12.1 Å². The third-order valence-corrected chi connectivity index (χ3v) is 3.90. The van der Waals surface area contributed by atoms with E-state index in [-0.39, 0.29) is 12.1 Å². The molecule has 2 aliphatic heterocycles. The van der Waals surface area contributed by atoms with Crippen LogP contribution in [0.4, 0.5) is 9.18 Å². The van der Waals surface area contributed by atoms with Gasteiger partial charge in [0.15, 0.2) is 0 Å². The summed E-state index contributed by atoms with van der Waals surface area (Å²) >= 11 is 0. The monoisotopic (exact) mass is 291 g/mol. The molecule has 4 amide bonds. The third-order valence-electron chi connectivity index (χ3n) is 3.90. The molecule has 2 heterocycles. The molecular weight excluding hydrogens is 277 g/mol. The number of likely N-dealkylation sites (tertiary alicyclic amines) is 1. The van der Waals surface area contributed by atoms with Gasteiger partial charge in [0.2, 0.25) is 0 Å². The summed E-state index contributed by atoms with van der Waals surface area (Å²) in [5.41, 5.74) is -1.12. The van der Waals surface area contributed by atoms with Crippen LogP contribution in [0.25, 0.3) is 0 Å². The normalized spacial score (nSPS) is 24.9. The maximum Gasteiger partial charge on any atom is 0.322 e. The standard InChI is InChI=1S/C14H14FN3O3/c15-10-5-2-1-4-9(10)11(19)18-7-3-6-14(8-18)12(20)16-13(21)17-14/h1-2,4-5H,3,6-8H2,(H2,16,17,20,21). The van der Waals surface area contributed by atoms with Crippen LogP contribution >= 0.6 is 0 Å². The number of hydrogen-bond donors (Lipinski definition) is 2. The summed E-state index contributed by atoms with van der Waals surface area (Å²) in [6, 6.07) is 5.16. The van der Waals surface area contributed by atoms with Gasteiger partial charge in [-0.05, 0) is 25.0 Å². The van der Waals surface area contributed by atoms with Crippen LogP contribution in [0.5, 0.6) is 0 Å². The van der Waals surface area contributed by atoms with E-state index in [1.807, 2.05) is 0 Å². The molecule has 0 saturated carbocycles. The number of benzene rings is 1. The highest BCUT2D eigenvalue weighted by Crippen LogP contribution is 2.25. The molecule has 7 heteroatoms. The lowest BCUT2D eigenvalue weighted by molar-refractivity contribution is -0.125. The summed E-state index contributed by atoms with van der Waals surface area (Å²) < 4.78 is 13.7. The average molecular weight is 291 g/mol. The van der Waals surface area contributed by atoms with Gasteiger partial charge in [0, 0.05) is 6.54 Å². The van der Waals surface area contributed by atoms with Crippen LogP contribution in [0.15, 0.2) is 24.3 Å². The second kappa shape index (κ2) is 4.83. The molecule has 0 bridgehead atoms. The molecule has 21 heavy (non-hydrogen) atoms. The fourth-order valence-electron chi connectivity index (χ4n) is 2.85. The van der Waals surface area contributed by atoms with Crippen molar-refractivity contribution in [2.24, 2.45) is 0 Å². The molecule has 3 rings (SSSR count). The lowest BCUT2D eigenvalue weighted by atomic mass is 9.89. The van der Waals surface area contributed by atoms with Crippen LogP contribution < -0.4 is 10.6 Å². The number of amides is 4. The molecule has 0 aromatic heterocycles. The number of urea groups is 1. The summed E-state index contributed by atoms with van der Waals surface area (Å²) in [6.07, 6.45) is 1.03. The van der Waals surface area contributed by atoms with Crippen molar-refractivity contribution < 1.29 is 18.8 Å². The summed E-state index contributed by atoms with van der Waals surface area (Å²) in [5, 5.41) is 4.77. The number of rotatable bonds is 1.